The van der Waals surface area contributed by atoms with Gasteiger partial charge in [0.05, 0.1) is 6.42 Å². The van der Waals surface area contributed by atoms with Crippen LogP contribution in [0.4, 0.5) is 24.7 Å². The van der Waals surface area contributed by atoms with Crippen molar-refractivity contribution in [3.63, 3.8) is 0 Å². The summed E-state index contributed by atoms with van der Waals surface area (Å²) in [6.07, 6.45) is -2.09. The van der Waals surface area contributed by atoms with Gasteiger partial charge in [-0.25, -0.2) is 4.98 Å². The molecule has 0 fully saturated rings. The Balaban J connectivity index is 1.75. The molecule has 2 N–H and O–H groups in total. The van der Waals surface area contributed by atoms with Crippen molar-refractivity contribution in [2.45, 2.75) is 12.6 Å². The molecular formula is C15H12F3N3. The lowest BCUT2D eigenvalue weighted by Crippen LogP contribution is -2.11. The van der Waals surface area contributed by atoms with Crippen molar-refractivity contribution in [1.29, 1.82) is 0 Å². The fraction of sp³-hybridized carbons (Fsp3) is 0.133. The summed E-state index contributed by atoms with van der Waals surface area (Å²) in [4.78, 5) is 7.10. The molecule has 3 aromatic rings. The summed E-state index contributed by atoms with van der Waals surface area (Å²) in [5.41, 5.74) is 2.00. The molecule has 3 nitrogen and oxygen atoms in total. The normalized spacial score (nSPS) is 11.8. The van der Waals surface area contributed by atoms with E-state index in [1.807, 2.05) is 30.5 Å². The summed E-state index contributed by atoms with van der Waals surface area (Å²) < 4.78 is 36.8. The Kier molecular flexibility index (Phi) is 3.29. The number of aromatic amines is 1. The number of hydrogen-bond acceptors (Lipinski definition) is 2. The van der Waals surface area contributed by atoms with Crippen molar-refractivity contribution in [1.82, 2.24) is 9.97 Å². The second kappa shape index (κ2) is 5.12. The Hall–Kier alpha value is -2.50. The number of alkyl halides is 3. The molecule has 108 valence electrons. The van der Waals surface area contributed by atoms with Crippen LogP contribution in [-0.4, -0.2) is 16.1 Å². The van der Waals surface area contributed by atoms with Gasteiger partial charge in [-0.15, -0.1) is 0 Å². The first-order chi connectivity index (χ1) is 9.99. The van der Waals surface area contributed by atoms with Crippen molar-refractivity contribution in [2.24, 2.45) is 0 Å². The third-order valence-corrected chi connectivity index (χ3v) is 3.06. The standard InChI is InChI=1S/C15H12F3N3/c16-15(17,18)8-10-1-4-14(20-9-10)21-12-2-3-13-11(7-12)5-6-19-13/h1-7,9,19H,8H2,(H,20,21). The van der Waals surface area contributed by atoms with Crippen LogP contribution >= 0.6 is 0 Å². The number of halogens is 3. The molecule has 0 saturated heterocycles. The lowest BCUT2D eigenvalue weighted by molar-refractivity contribution is -0.127. The molecule has 1 aromatic carbocycles. The number of H-pyrrole nitrogens is 1. The fourth-order valence-electron chi connectivity index (χ4n) is 2.11. The Morgan fingerprint density at radius 2 is 1.95 bits per heavy atom. The van der Waals surface area contributed by atoms with Crippen molar-refractivity contribution < 1.29 is 13.2 Å². The molecule has 6 heteroatoms. The smallest absolute Gasteiger partial charge is 0.361 e. The Bertz CT molecular complexity index is 745. The van der Waals surface area contributed by atoms with Gasteiger partial charge in [-0.05, 0) is 35.9 Å². The second-order valence-corrected chi connectivity index (χ2v) is 4.75. The van der Waals surface area contributed by atoms with E-state index in [4.69, 9.17) is 0 Å². The van der Waals surface area contributed by atoms with Crippen LogP contribution in [0.5, 0.6) is 0 Å². The van der Waals surface area contributed by atoms with E-state index in [9.17, 15) is 13.2 Å². The number of nitrogens with zero attached hydrogens (tertiary/aromatic N) is 1. The van der Waals surface area contributed by atoms with Gasteiger partial charge in [0, 0.05) is 29.0 Å². The Morgan fingerprint density at radius 3 is 2.67 bits per heavy atom. The molecule has 0 aliphatic heterocycles. The van der Waals surface area contributed by atoms with Crippen molar-refractivity contribution >= 4 is 22.4 Å². The minimum Gasteiger partial charge on any atom is -0.361 e. The molecule has 0 unspecified atom stereocenters. The molecule has 0 saturated carbocycles. The zero-order chi connectivity index (χ0) is 14.9. The summed E-state index contributed by atoms with van der Waals surface area (Å²) in [5, 5.41) is 4.12. The third-order valence-electron chi connectivity index (χ3n) is 3.06. The quantitative estimate of drug-likeness (QED) is 0.750. The maximum Gasteiger partial charge on any atom is 0.393 e. The van der Waals surface area contributed by atoms with Crippen LogP contribution in [-0.2, 0) is 6.42 Å². The molecule has 0 atom stereocenters. The van der Waals surface area contributed by atoms with Gasteiger partial charge >= 0.3 is 6.18 Å². The van der Waals surface area contributed by atoms with E-state index in [-0.39, 0.29) is 5.56 Å². The van der Waals surface area contributed by atoms with E-state index in [2.05, 4.69) is 15.3 Å². The van der Waals surface area contributed by atoms with Crippen LogP contribution in [0.1, 0.15) is 5.56 Å². The number of aromatic nitrogens is 2. The Labute approximate surface area is 118 Å². The zero-order valence-corrected chi connectivity index (χ0v) is 10.9. The number of hydrogen-bond donors (Lipinski definition) is 2. The molecule has 2 aromatic heterocycles. The monoisotopic (exact) mass is 291 g/mol. The Morgan fingerprint density at radius 1 is 1.10 bits per heavy atom. The molecule has 0 radical (unpaired) electrons. The summed E-state index contributed by atoms with van der Waals surface area (Å²) in [7, 11) is 0. The van der Waals surface area contributed by atoms with E-state index in [0.717, 1.165) is 16.6 Å². The molecule has 0 bridgehead atoms. The van der Waals surface area contributed by atoms with E-state index in [1.165, 1.54) is 12.3 Å². The number of fused-ring (bicyclic) bond motifs is 1. The zero-order valence-electron chi connectivity index (χ0n) is 10.9. The van der Waals surface area contributed by atoms with Crippen LogP contribution in [0, 0.1) is 0 Å². The van der Waals surface area contributed by atoms with Gasteiger partial charge in [-0.1, -0.05) is 6.07 Å². The second-order valence-electron chi connectivity index (χ2n) is 4.75. The number of benzene rings is 1. The summed E-state index contributed by atoms with van der Waals surface area (Å²) in [6, 6.07) is 10.7. The minimum atomic E-state index is -4.21. The van der Waals surface area contributed by atoms with Gasteiger partial charge in [0.25, 0.3) is 0 Å². The highest BCUT2D eigenvalue weighted by Crippen LogP contribution is 2.23. The molecule has 0 aliphatic rings. The molecule has 21 heavy (non-hydrogen) atoms. The highest BCUT2D eigenvalue weighted by Gasteiger charge is 2.27. The van der Waals surface area contributed by atoms with Crippen molar-refractivity contribution in [2.75, 3.05) is 5.32 Å². The largest absolute Gasteiger partial charge is 0.393 e. The molecule has 0 amide bonds. The number of pyridine rings is 1. The van der Waals surface area contributed by atoms with E-state index in [1.54, 1.807) is 6.07 Å². The van der Waals surface area contributed by atoms with Gasteiger partial charge in [0.15, 0.2) is 0 Å². The maximum atomic E-state index is 12.3. The average Bonchev–Trinajstić information content (AvgIpc) is 2.87. The number of nitrogens with one attached hydrogen (secondary N) is 2. The number of anilines is 2. The van der Waals surface area contributed by atoms with Gasteiger partial charge in [-0.2, -0.15) is 13.2 Å². The highest BCUT2D eigenvalue weighted by atomic mass is 19.4. The maximum absolute atomic E-state index is 12.3. The predicted molar refractivity (Wildman–Crippen MR) is 75.6 cm³/mol. The van der Waals surface area contributed by atoms with E-state index < -0.39 is 12.6 Å². The SMILES string of the molecule is FC(F)(F)Cc1ccc(Nc2ccc3[nH]ccc3c2)nc1. The fourth-order valence-corrected chi connectivity index (χ4v) is 2.11. The van der Waals surface area contributed by atoms with Gasteiger partial charge in [0.1, 0.15) is 5.82 Å². The van der Waals surface area contributed by atoms with Crippen molar-refractivity contribution in [3.05, 3.63) is 54.4 Å². The first-order valence-corrected chi connectivity index (χ1v) is 6.35. The predicted octanol–water partition coefficient (Wildman–Crippen LogP) is 4.41. The first kappa shape index (κ1) is 13.5. The van der Waals surface area contributed by atoms with Crippen LogP contribution in [0.15, 0.2) is 48.8 Å². The van der Waals surface area contributed by atoms with Gasteiger partial charge in [-0.3, -0.25) is 0 Å². The number of rotatable bonds is 3. The lowest BCUT2D eigenvalue weighted by atomic mass is 10.2. The molecule has 3 rings (SSSR count). The summed E-state index contributed by atoms with van der Waals surface area (Å²) >= 11 is 0. The van der Waals surface area contributed by atoms with E-state index >= 15 is 0 Å². The lowest BCUT2D eigenvalue weighted by Gasteiger charge is -2.08. The first-order valence-electron chi connectivity index (χ1n) is 6.35. The van der Waals surface area contributed by atoms with Gasteiger partial charge in [0.2, 0.25) is 0 Å². The topological polar surface area (TPSA) is 40.7 Å². The minimum absolute atomic E-state index is 0.147. The summed E-state index contributed by atoms with van der Waals surface area (Å²) in [6.45, 7) is 0. The highest BCUT2D eigenvalue weighted by molar-refractivity contribution is 5.83. The van der Waals surface area contributed by atoms with E-state index in [0.29, 0.717) is 5.82 Å². The molecule has 0 spiro atoms. The van der Waals surface area contributed by atoms with Crippen LogP contribution in [0.2, 0.25) is 0 Å². The summed E-state index contributed by atoms with van der Waals surface area (Å²) in [5.74, 6) is 0.510. The molecular weight excluding hydrogens is 279 g/mol. The molecule has 0 aliphatic carbocycles. The van der Waals surface area contributed by atoms with Crippen molar-refractivity contribution in [3.8, 4) is 0 Å². The average molecular weight is 291 g/mol. The van der Waals surface area contributed by atoms with Crippen LogP contribution < -0.4 is 5.32 Å². The van der Waals surface area contributed by atoms with Gasteiger partial charge < -0.3 is 10.3 Å². The molecule has 2 heterocycles. The van der Waals surface area contributed by atoms with Crippen LogP contribution in [0.25, 0.3) is 10.9 Å². The van der Waals surface area contributed by atoms with Crippen LogP contribution in [0.3, 0.4) is 0 Å². The third kappa shape index (κ3) is 3.34.